The number of aryl methyl sites for hydroxylation is 1. The second-order valence-electron chi connectivity index (χ2n) is 4.33. The number of halogens is 1. The van der Waals surface area contributed by atoms with Gasteiger partial charge in [-0.05, 0) is 30.7 Å². The van der Waals surface area contributed by atoms with Crippen LogP contribution in [0.2, 0.25) is 0 Å². The average molecular weight is 331 g/mol. The van der Waals surface area contributed by atoms with E-state index in [1.165, 1.54) is 0 Å². The minimum atomic E-state index is 0.315. The van der Waals surface area contributed by atoms with E-state index in [1.807, 2.05) is 25.1 Å². The van der Waals surface area contributed by atoms with E-state index in [-0.39, 0.29) is 0 Å². The quantitative estimate of drug-likeness (QED) is 0.778. The second-order valence-corrected chi connectivity index (χ2v) is 5.18. The van der Waals surface area contributed by atoms with E-state index in [0.29, 0.717) is 23.1 Å². The maximum Gasteiger partial charge on any atom is 0.278 e. The van der Waals surface area contributed by atoms with Gasteiger partial charge in [0.2, 0.25) is 5.82 Å². The monoisotopic (exact) mass is 330 g/mol. The Kier molecular flexibility index (Phi) is 3.23. The standard InChI is InChI=1S/C14H11BrN4O/c1-8-4-5-9(7-10(8)15)13-18-14(20-19-13)12-11(16)3-2-6-17-12/h2-7H,16H2,1H3. The molecule has 0 aliphatic rings. The predicted octanol–water partition coefficient (Wildman–Crippen LogP) is 3.45. The van der Waals surface area contributed by atoms with Gasteiger partial charge in [-0.3, -0.25) is 0 Å². The molecule has 0 saturated carbocycles. The maximum atomic E-state index is 5.85. The van der Waals surface area contributed by atoms with Crippen molar-refractivity contribution in [1.29, 1.82) is 0 Å². The second kappa shape index (κ2) is 5.05. The van der Waals surface area contributed by atoms with Crippen molar-refractivity contribution in [3.8, 4) is 23.0 Å². The highest BCUT2D eigenvalue weighted by Gasteiger charge is 2.14. The molecule has 0 saturated heterocycles. The Morgan fingerprint density at radius 2 is 2.10 bits per heavy atom. The smallest absolute Gasteiger partial charge is 0.278 e. The molecule has 2 N–H and O–H groups in total. The first-order valence-corrected chi connectivity index (χ1v) is 6.75. The molecule has 2 heterocycles. The normalized spacial score (nSPS) is 10.7. The zero-order valence-electron chi connectivity index (χ0n) is 10.7. The third-order valence-electron chi connectivity index (χ3n) is 2.90. The van der Waals surface area contributed by atoms with Gasteiger partial charge in [0, 0.05) is 16.2 Å². The minimum absolute atomic E-state index is 0.315. The van der Waals surface area contributed by atoms with Crippen LogP contribution < -0.4 is 5.73 Å². The number of nitrogen functional groups attached to an aromatic ring is 1. The van der Waals surface area contributed by atoms with E-state index in [4.69, 9.17) is 10.3 Å². The number of nitrogens with two attached hydrogens (primary N) is 1. The van der Waals surface area contributed by atoms with Gasteiger partial charge in [0.25, 0.3) is 5.89 Å². The number of anilines is 1. The Balaban J connectivity index is 2.02. The fraction of sp³-hybridized carbons (Fsp3) is 0.0714. The Labute approximate surface area is 124 Å². The van der Waals surface area contributed by atoms with Crippen molar-refractivity contribution in [3.63, 3.8) is 0 Å². The Morgan fingerprint density at radius 1 is 1.25 bits per heavy atom. The van der Waals surface area contributed by atoms with Crippen LogP contribution in [0.15, 0.2) is 45.5 Å². The fourth-order valence-corrected chi connectivity index (χ4v) is 2.14. The van der Waals surface area contributed by atoms with E-state index in [0.717, 1.165) is 15.6 Å². The number of hydrogen-bond acceptors (Lipinski definition) is 5. The van der Waals surface area contributed by atoms with Crippen LogP contribution in [0.3, 0.4) is 0 Å². The molecule has 100 valence electrons. The van der Waals surface area contributed by atoms with Gasteiger partial charge in [0.1, 0.15) is 0 Å². The molecule has 5 nitrogen and oxygen atoms in total. The Bertz CT molecular complexity index is 769. The lowest BCUT2D eigenvalue weighted by atomic mass is 10.1. The van der Waals surface area contributed by atoms with Crippen LogP contribution in [0.5, 0.6) is 0 Å². The van der Waals surface area contributed by atoms with E-state index in [1.54, 1.807) is 18.3 Å². The van der Waals surface area contributed by atoms with Crippen LogP contribution in [-0.2, 0) is 0 Å². The van der Waals surface area contributed by atoms with Crippen LogP contribution in [-0.4, -0.2) is 15.1 Å². The van der Waals surface area contributed by atoms with Crippen LogP contribution in [0.1, 0.15) is 5.56 Å². The van der Waals surface area contributed by atoms with Crippen molar-refractivity contribution in [2.75, 3.05) is 5.73 Å². The van der Waals surface area contributed by atoms with Gasteiger partial charge in [0.05, 0.1) is 5.69 Å². The van der Waals surface area contributed by atoms with E-state index in [9.17, 15) is 0 Å². The van der Waals surface area contributed by atoms with Crippen LogP contribution >= 0.6 is 15.9 Å². The summed E-state index contributed by atoms with van der Waals surface area (Å²) >= 11 is 3.49. The maximum absolute atomic E-state index is 5.85. The molecule has 6 heteroatoms. The number of aromatic nitrogens is 3. The molecule has 3 rings (SSSR count). The van der Waals surface area contributed by atoms with E-state index < -0.39 is 0 Å². The minimum Gasteiger partial charge on any atom is -0.397 e. The number of benzene rings is 1. The SMILES string of the molecule is Cc1ccc(-c2noc(-c3ncccc3N)n2)cc1Br. The first-order chi connectivity index (χ1) is 9.65. The molecule has 0 aliphatic carbocycles. The molecule has 0 fully saturated rings. The lowest BCUT2D eigenvalue weighted by molar-refractivity contribution is 0.431. The van der Waals surface area contributed by atoms with Crippen molar-refractivity contribution >= 4 is 21.6 Å². The van der Waals surface area contributed by atoms with Gasteiger partial charge in [0.15, 0.2) is 5.69 Å². The molecule has 0 radical (unpaired) electrons. The lowest BCUT2D eigenvalue weighted by Gasteiger charge is -1.99. The van der Waals surface area contributed by atoms with Crippen LogP contribution in [0, 0.1) is 6.92 Å². The number of rotatable bonds is 2. The highest BCUT2D eigenvalue weighted by Crippen LogP contribution is 2.27. The third kappa shape index (κ3) is 2.30. The molecular weight excluding hydrogens is 320 g/mol. The molecule has 0 unspecified atom stereocenters. The summed E-state index contributed by atoms with van der Waals surface area (Å²) in [6.45, 7) is 2.02. The van der Waals surface area contributed by atoms with Crippen LogP contribution in [0.25, 0.3) is 23.0 Å². The van der Waals surface area contributed by atoms with Crippen molar-refractivity contribution in [3.05, 3.63) is 46.6 Å². The Morgan fingerprint density at radius 3 is 2.85 bits per heavy atom. The fourth-order valence-electron chi connectivity index (χ4n) is 1.77. The Hall–Kier alpha value is -2.21. The summed E-state index contributed by atoms with van der Waals surface area (Å²) in [5, 5.41) is 3.97. The van der Waals surface area contributed by atoms with Gasteiger partial charge >= 0.3 is 0 Å². The molecule has 2 aromatic heterocycles. The molecule has 1 aromatic carbocycles. The van der Waals surface area contributed by atoms with Gasteiger partial charge in [-0.2, -0.15) is 4.98 Å². The van der Waals surface area contributed by atoms with Gasteiger partial charge < -0.3 is 10.3 Å². The van der Waals surface area contributed by atoms with E-state index in [2.05, 4.69) is 31.1 Å². The molecule has 0 bridgehead atoms. The first-order valence-electron chi connectivity index (χ1n) is 5.96. The molecular formula is C14H11BrN4O. The van der Waals surface area contributed by atoms with E-state index >= 15 is 0 Å². The van der Waals surface area contributed by atoms with Gasteiger partial charge in [-0.15, -0.1) is 0 Å². The van der Waals surface area contributed by atoms with Crippen LogP contribution in [0.4, 0.5) is 5.69 Å². The summed E-state index contributed by atoms with van der Waals surface area (Å²) in [5.74, 6) is 0.820. The van der Waals surface area contributed by atoms with Crippen molar-refractivity contribution in [2.45, 2.75) is 6.92 Å². The summed E-state index contributed by atoms with van der Waals surface area (Å²) in [7, 11) is 0. The average Bonchev–Trinajstić information content (AvgIpc) is 2.92. The van der Waals surface area contributed by atoms with Gasteiger partial charge in [-0.25, -0.2) is 4.98 Å². The van der Waals surface area contributed by atoms with Crippen molar-refractivity contribution < 1.29 is 4.52 Å². The highest BCUT2D eigenvalue weighted by atomic mass is 79.9. The summed E-state index contributed by atoms with van der Waals surface area (Å²) in [6, 6.07) is 9.38. The molecule has 0 amide bonds. The largest absolute Gasteiger partial charge is 0.397 e. The molecule has 0 atom stereocenters. The number of pyridine rings is 1. The summed E-state index contributed by atoms with van der Waals surface area (Å²) in [4.78, 5) is 8.50. The first kappa shape index (κ1) is 12.8. The molecule has 0 spiro atoms. The number of hydrogen-bond donors (Lipinski definition) is 1. The molecule has 0 aliphatic heterocycles. The predicted molar refractivity (Wildman–Crippen MR) is 79.8 cm³/mol. The third-order valence-corrected chi connectivity index (χ3v) is 3.75. The number of nitrogens with zero attached hydrogens (tertiary/aromatic N) is 3. The zero-order chi connectivity index (χ0) is 14.1. The van der Waals surface area contributed by atoms with Gasteiger partial charge in [-0.1, -0.05) is 33.2 Å². The lowest BCUT2D eigenvalue weighted by Crippen LogP contribution is -1.92. The highest BCUT2D eigenvalue weighted by molar-refractivity contribution is 9.10. The molecule has 20 heavy (non-hydrogen) atoms. The summed E-state index contributed by atoms with van der Waals surface area (Å²) in [6.07, 6.45) is 1.64. The molecule has 3 aromatic rings. The summed E-state index contributed by atoms with van der Waals surface area (Å²) in [5.41, 5.74) is 8.86. The zero-order valence-corrected chi connectivity index (χ0v) is 12.3. The van der Waals surface area contributed by atoms with Crippen molar-refractivity contribution in [1.82, 2.24) is 15.1 Å². The summed E-state index contributed by atoms with van der Waals surface area (Å²) < 4.78 is 6.24. The van der Waals surface area contributed by atoms with Crippen molar-refractivity contribution in [2.24, 2.45) is 0 Å². The topological polar surface area (TPSA) is 77.8 Å².